The van der Waals surface area contributed by atoms with Crippen LogP contribution in [0.5, 0.6) is 0 Å². The van der Waals surface area contributed by atoms with Crippen LogP contribution in [0.15, 0.2) is 30.3 Å². The SMILES string of the molecule is Cc1nc(-c2ccccc2)sc1C(=O)OCC(=O)NCC1CCCO1. The number of nitrogens with zero attached hydrogens (tertiary/aromatic N) is 1. The van der Waals surface area contributed by atoms with Crippen LogP contribution in [0.3, 0.4) is 0 Å². The van der Waals surface area contributed by atoms with E-state index in [4.69, 9.17) is 9.47 Å². The molecule has 132 valence electrons. The summed E-state index contributed by atoms with van der Waals surface area (Å²) < 4.78 is 10.5. The molecule has 1 aliphatic heterocycles. The highest BCUT2D eigenvalue weighted by Gasteiger charge is 2.20. The molecule has 0 spiro atoms. The number of nitrogens with one attached hydrogen (secondary N) is 1. The second-order valence-electron chi connectivity index (χ2n) is 5.81. The molecule has 1 fully saturated rings. The van der Waals surface area contributed by atoms with Crippen molar-refractivity contribution in [2.45, 2.75) is 25.9 Å². The Balaban J connectivity index is 1.52. The maximum atomic E-state index is 12.2. The number of aryl methyl sites for hydroxylation is 1. The summed E-state index contributed by atoms with van der Waals surface area (Å²) in [6.45, 7) is 2.65. The van der Waals surface area contributed by atoms with Crippen molar-refractivity contribution >= 4 is 23.2 Å². The average Bonchev–Trinajstić information content (AvgIpc) is 3.28. The lowest BCUT2D eigenvalue weighted by Crippen LogP contribution is -2.34. The molecule has 25 heavy (non-hydrogen) atoms. The minimum atomic E-state index is -0.524. The van der Waals surface area contributed by atoms with Crippen molar-refractivity contribution in [3.8, 4) is 10.6 Å². The summed E-state index contributed by atoms with van der Waals surface area (Å²) in [7, 11) is 0. The van der Waals surface area contributed by atoms with Crippen molar-refractivity contribution in [3.63, 3.8) is 0 Å². The number of rotatable bonds is 6. The number of amides is 1. The van der Waals surface area contributed by atoms with Gasteiger partial charge in [0.05, 0.1) is 11.8 Å². The molecular weight excluding hydrogens is 340 g/mol. The standard InChI is InChI=1S/C18H20N2O4S/c1-12-16(25-17(20-12)13-6-3-2-4-7-13)18(22)24-11-15(21)19-10-14-8-5-9-23-14/h2-4,6-7,14H,5,8-11H2,1H3,(H,19,21). The lowest BCUT2D eigenvalue weighted by molar-refractivity contribution is -0.124. The van der Waals surface area contributed by atoms with E-state index in [2.05, 4.69) is 10.3 Å². The summed E-state index contributed by atoms with van der Waals surface area (Å²) in [5.74, 6) is -0.848. The molecule has 6 nitrogen and oxygen atoms in total. The fraction of sp³-hybridized carbons (Fsp3) is 0.389. The molecule has 2 heterocycles. The average molecular weight is 360 g/mol. The molecule has 1 aliphatic rings. The summed E-state index contributed by atoms with van der Waals surface area (Å²) in [5, 5.41) is 3.48. The second kappa shape index (κ2) is 8.22. The van der Waals surface area contributed by atoms with Gasteiger partial charge in [0.15, 0.2) is 6.61 Å². The number of ether oxygens (including phenoxy) is 2. The number of hydrogen-bond donors (Lipinski definition) is 1. The molecule has 3 rings (SSSR count). The van der Waals surface area contributed by atoms with Crippen molar-refractivity contribution in [1.82, 2.24) is 10.3 Å². The third kappa shape index (κ3) is 4.64. The summed E-state index contributed by atoms with van der Waals surface area (Å²) in [4.78, 5) is 28.8. The van der Waals surface area contributed by atoms with E-state index < -0.39 is 5.97 Å². The van der Waals surface area contributed by atoms with E-state index in [1.54, 1.807) is 6.92 Å². The Labute approximate surface area is 150 Å². The summed E-state index contributed by atoms with van der Waals surface area (Å²) in [5.41, 5.74) is 1.55. The lowest BCUT2D eigenvalue weighted by atomic mass is 10.2. The highest BCUT2D eigenvalue weighted by molar-refractivity contribution is 7.17. The van der Waals surface area contributed by atoms with Gasteiger partial charge in [0, 0.05) is 18.7 Å². The molecule has 1 unspecified atom stereocenters. The zero-order chi connectivity index (χ0) is 17.6. The van der Waals surface area contributed by atoms with Crippen molar-refractivity contribution in [2.24, 2.45) is 0 Å². The molecular formula is C18H20N2O4S. The Kier molecular flexibility index (Phi) is 5.78. The van der Waals surface area contributed by atoms with Crippen molar-refractivity contribution < 1.29 is 19.1 Å². The van der Waals surface area contributed by atoms with Gasteiger partial charge in [-0.25, -0.2) is 9.78 Å². The molecule has 0 radical (unpaired) electrons. The molecule has 1 atom stereocenters. The van der Waals surface area contributed by atoms with Gasteiger partial charge in [-0.15, -0.1) is 11.3 Å². The topological polar surface area (TPSA) is 77.5 Å². The van der Waals surface area contributed by atoms with Crippen LogP contribution in [0.2, 0.25) is 0 Å². The van der Waals surface area contributed by atoms with E-state index in [0.29, 0.717) is 17.1 Å². The van der Waals surface area contributed by atoms with Gasteiger partial charge < -0.3 is 14.8 Å². The summed E-state index contributed by atoms with van der Waals surface area (Å²) >= 11 is 1.27. The van der Waals surface area contributed by atoms with E-state index in [-0.39, 0.29) is 18.6 Å². The van der Waals surface area contributed by atoms with E-state index in [1.165, 1.54) is 11.3 Å². The van der Waals surface area contributed by atoms with Crippen molar-refractivity contribution in [2.75, 3.05) is 19.8 Å². The largest absolute Gasteiger partial charge is 0.451 e. The highest BCUT2D eigenvalue weighted by Crippen LogP contribution is 2.28. The van der Waals surface area contributed by atoms with Gasteiger partial charge in [-0.3, -0.25) is 4.79 Å². The second-order valence-corrected chi connectivity index (χ2v) is 6.81. The molecule has 1 saturated heterocycles. The molecule has 0 aliphatic carbocycles. The molecule has 1 amide bonds. The maximum Gasteiger partial charge on any atom is 0.350 e. The highest BCUT2D eigenvalue weighted by atomic mass is 32.1. The monoisotopic (exact) mass is 360 g/mol. The van der Waals surface area contributed by atoms with Crippen LogP contribution in [0.25, 0.3) is 10.6 Å². The van der Waals surface area contributed by atoms with Crippen LogP contribution < -0.4 is 5.32 Å². The van der Waals surface area contributed by atoms with E-state index in [1.807, 2.05) is 30.3 Å². The van der Waals surface area contributed by atoms with E-state index >= 15 is 0 Å². The number of aromatic nitrogens is 1. The van der Waals surface area contributed by atoms with Crippen LogP contribution in [0.4, 0.5) is 0 Å². The molecule has 1 aromatic heterocycles. The van der Waals surface area contributed by atoms with Gasteiger partial charge in [-0.1, -0.05) is 30.3 Å². The van der Waals surface area contributed by atoms with Gasteiger partial charge >= 0.3 is 5.97 Å². The predicted octanol–water partition coefficient (Wildman–Crippen LogP) is 2.57. The zero-order valence-electron chi connectivity index (χ0n) is 14.0. The van der Waals surface area contributed by atoms with Crippen LogP contribution in [-0.4, -0.2) is 42.7 Å². The Hall–Kier alpha value is -2.25. The van der Waals surface area contributed by atoms with Crippen LogP contribution in [-0.2, 0) is 14.3 Å². The summed E-state index contributed by atoms with van der Waals surface area (Å²) in [6, 6.07) is 9.64. The quantitative estimate of drug-likeness (QED) is 0.801. The molecule has 2 aromatic rings. The van der Waals surface area contributed by atoms with Crippen LogP contribution in [0.1, 0.15) is 28.2 Å². The number of esters is 1. The van der Waals surface area contributed by atoms with Crippen molar-refractivity contribution in [1.29, 1.82) is 0 Å². The Bertz CT molecular complexity index is 739. The van der Waals surface area contributed by atoms with E-state index in [9.17, 15) is 9.59 Å². The normalized spacial score (nSPS) is 16.6. The maximum absolute atomic E-state index is 12.2. The predicted molar refractivity (Wildman–Crippen MR) is 94.6 cm³/mol. The summed E-state index contributed by atoms with van der Waals surface area (Å²) in [6.07, 6.45) is 2.03. The number of benzene rings is 1. The smallest absolute Gasteiger partial charge is 0.350 e. The fourth-order valence-electron chi connectivity index (χ4n) is 2.57. The lowest BCUT2D eigenvalue weighted by Gasteiger charge is -2.10. The molecule has 7 heteroatoms. The Morgan fingerprint density at radius 3 is 2.88 bits per heavy atom. The van der Waals surface area contributed by atoms with Gasteiger partial charge in [-0.05, 0) is 19.8 Å². The Morgan fingerprint density at radius 1 is 1.36 bits per heavy atom. The number of thiazole rings is 1. The van der Waals surface area contributed by atoms with Gasteiger partial charge in [-0.2, -0.15) is 0 Å². The molecule has 0 saturated carbocycles. The minimum Gasteiger partial charge on any atom is -0.451 e. The first kappa shape index (κ1) is 17.6. The first-order chi connectivity index (χ1) is 12.1. The van der Waals surface area contributed by atoms with Crippen molar-refractivity contribution in [3.05, 3.63) is 40.9 Å². The van der Waals surface area contributed by atoms with Gasteiger partial charge in [0.2, 0.25) is 0 Å². The molecule has 1 N–H and O–H groups in total. The fourth-order valence-corrected chi connectivity index (χ4v) is 3.54. The number of carbonyl (C=O) groups is 2. The Morgan fingerprint density at radius 2 is 2.16 bits per heavy atom. The van der Waals surface area contributed by atoms with Crippen LogP contribution in [0, 0.1) is 6.92 Å². The van der Waals surface area contributed by atoms with Gasteiger partial charge in [0.1, 0.15) is 9.88 Å². The van der Waals surface area contributed by atoms with Crippen LogP contribution >= 0.6 is 11.3 Å². The first-order valence-corrected chi connectivity index (χ1v) is 9.03. The zero-order valence-corrected chi connectivity index (χ0v) is 14.8. The molecule has 1 aromatic carbocycles. The van der Waals surface area contributed by atoms with E-state index in [0.717, 1.165) is 30.0 Å². The third-order valence-electron chi connectivity index (χ3n) is 3.89. The van der Waals surface area contributed by atoms with Gasteiger partial charge in [0.25, 0.3) is 5.91 Å². The third-order valence-corrected chi connectivity index (χ3v) is 5.07. The number of carbonyl (C=O) groups excluding carboxylic acids is 2. The minimum absolute atomic E-state index is 0.0665. The number of hydrogen-bond acceptors (Lipinski definition) is 6. The first-order valence-electron chi connectivity index (χ1n) is 8.22. The molecule has 0 bridgehead atoms.